The first-order valence-corrected chi connectivity index (χ1v) is 5.97. The van der Waals surface area contributed by atoms with Crippen LogP contribution in [0.3, 0.4) is 0 Å². The van der Waals surface area contributed by atoms with E-state index >= 15 is 0 Å². The predicted octanol–water partition coefficient (Wildman–Crippen LogP) is 3.38. The Morgan fingerprint density at radius 2 is 2.27 bits per heavy atom. The summed E-state index contributed by atoms with van der Waals surface area (Å²) in [5.41, 5.74) is 2.25. The van der Waals surface area contributed by atoms with Crippen molar-refractivity contribution in [2.75, 3.05) is 5.32 Å². The number of nitrogens with one attached hydrogen (secondary N) is 1. The lowest BCUT2D eigenvalue weighted by Gasteiger charge is -2.14. The predicted molar refractivity (Wildman–Crippen MR) is 64.0 cm³/mol. The summed E-state index contributed by atoms with van der Waals surface area (Å²) in [4.78, 5) is 4.30. The molecule has 1 N–H and O–H groups in total. The Morgan fingerprint density at radius 3 is 2.87 bits per heavy atom. The van der Waals surface area contributed by atoms with Crippen LogP contribution in [0.15, 0.2) is 18.3 Å². The van der Waals surface area contributed by atoms with Crippen LogP contribution in [0.2, 0.25) is 0 Å². The molecule has 82 valence electrons. The van der Waals surface area contributed by atoms with Gasteiger partial charge in [0.05, 0.1) is 11.9 Å². The van der Waals surface area contributed by atoms with Gasteiger partial charge in [0, 0.05) is 11.7 Å². The molecule has 0 aliphatic heterocycles. The van der Waals surface area contributed by atoms with Crippen LogP contribution in [0.1, 0.15) is 38.3 Å². The van der Waals surface area contributed by atoms with Crippen molar-refractivity contribution >= 4 is 5.69 Å². The first-order chi connectivity index (χ1) is 7.28. The molecule has 2 nitrogen and oxygen atoms in total. The Kier molecular flexibility index (Phi) is 3.24. The zero-order chi connectivity index (χ0) is 10.7. The van der Waals surface area contributed by atoms with Crippen molar-refractivity contribution in [2.24, 2.45) is 5.92 Å². The minimum Gasteiger partial charge on any atom is -0.381 e. The standard InChI is InChI=1S/C13H20N2/c1-3-11-5-7-12(8-11)15-13-6-4-10(2)14-9-13/h4,6,9,11-12,15H,3,5,7-8H2,1-2H3. The molecule has 0 saturated heterocycles. The van der Waals surface area contributed by atoms with E-state index in [1.165, 1.54) is 31.4 Å². The number of pyridine rings is 1. The van der Waals surface area contributed by atoms with E-state index in [0.29, 0.717) is 6.04 Å². The van der Waals surface area contributed by atoms with Gasteiger partial charge in [-0.15, -0.1) is 0 Å². The molecule has 1 fully saturated rings. The van der Waals surface area contributed by atoms with Crippen LogP contribution in [-0.4, -0.2) is 11.0 Å². The molecule has 0 aromatic carbocycles. The lowest BCUT2D eigenvalue weighted by atomic mass is 10.1. The molecular formula is C13H20N2. The Morgan fingerprint density at radius 1 is 1.40 bits per heavy atom. The summed E-state index contributed by atoms with van der Waals surface area (Å²) in [5, 5.41) is 3.57. The second-order valence-corrected chi connectivity index (χ2v) is 4.62. The van der Waals surface area contributed by atoms with E-state index in [2.05, 4.69) is 29.4 Å². The van der Waals surface area contributed by atoms with Gasteiger partial charge in [-0.2, -0.15) is 0 Å². The van der Waals surface area contributed by atoms with Crippen molar-refractivity contribution in [3.63, 3.8) is 0 Å². The molecule has 2 heteroatoms. The smallest absolute Gasteiger partial charge is 0.0529 e. The van der Waals surface area contributed by atoms with Crippen LogP contribution >= 0.6 is 0 Å². The van der Waals surface area contributed by atoms with Gasteiger partial charge in [0.2, 0.25) is 0 Å². The van der Waals surface area contributed by atoms with Gasteiger partial charge in [-0.1, -0.05) is 13.3 Å². The lowest BCUT2D eigenvalue weighted by molar-refractivity contribution is 0.525. The van der Waals surface area contributed by atoms with Crippen LogP contribution in [0.4, 0.5) is 5.69 Å². The fourth-order valence-corrected chi connectivity index (χ4v) is 2.37. The summed E-state index contributed by atoms with van der Waals surface area (Å²) < 4.78 is 0. The first kappa shape index (κ1) is 10.5. The average molecular weight is 204 g/mol. The number of hydrogen-bond acceptors (Lipinski definition) is 2. The number of rotatable bonds is 3. The highest BCUT2D eigenvalue weighted by Gasteiger charge is 2.22. The number of anilines is 1. The second-order valence-electron chi connectivity index (χ2n) is 4.62. The Labute approximate surface area is 92.1 Å². The van der Waals surface area contributed by atoms with Gasteiger partial charge in [-0.05, 0) is 44.2 Å². The maximum atomic E-state index is 4.30. The molecular weight excluding hydrogens is 184 g/mol. The van der Waals surface area contributed by atoms with Gasteiger partial charge >= 0.3 is 0 Å². The summed E-state index contributed by atoms with van der Waals surface area (Å²) in [6, 6.07) is 4.86. The van der Waals surface area contributed by atoms with E-state index in [4.69, 9.17) is 0 Å². The topological polar surface area (TPSA) is 24.9 Å². The highest BCUT2D eigenvalue weighted by atomic mass is 14.9. The summed E-state index contributed by atoms with van der Waals surface area (Å²) in [7, 11) is 0. The van der Waals surface area contributed by atoms with E-state index in [1.54, 1.807) is 0 Å². The third-order valence-electron chi connectivity index (χ3n) is 3.40. The van der Waals surface area contributed by atoms with Gasteiger partial charge < -0.3 is 5.32 Å². The fraction of sp³-hybridized carbons (Fsp3) is 0.615. The summed E-state index contributed by atoms with van der Waals surface area (Å²) in [6.45, 7) is 4.31. The zero-order valence-corrected chi connectivity index (χ0v) is 9.66. The maximum absolute atomic E-state index is 4.30. The number of nitrogens with zero attached hydrogens (tertiary/aromatic N) is 1. The summed E-state index contributed by atoms with van der Waals surface area (Å²) >= 11 is 0. The highest BCUT2D eigenvalue weighted by Crippen LogP contribution is 2.29. The molecule has 1 aromatic rings. The third-order valence-corrected chi connectivity index (χ3v) is 3.40. The number of hydrogen-bond donors (Lipinski definition) is 1. The Bertz CT molecular complexity index is 305. The molecule has 2 unspecified atom stereocenters. The summed E-state index contributed by atoms with van der Waals surface area (Å²) in [5.74, 6) is 0.931. The van der Waals surface area contributed by atoms with Gasteiger partial charge in [-0.3, -0.25) is 4.98 Å². The first-order valence-electron chi connectivity index (χ1n) is 5.97. The van der Waals surface area contributed by atoms with Crippen LogP contribution in [0.5, 0.6) is 0 Å². The van der Waals surface area contributed by atoms with Crippen molar-refractivity contribution in [1.29, 1.82) is 0 Å². The molecule has 0 bridgehead atoms. The number of aryl methyl sites for hydroxylation is 1. The van der Waals surface area contributed by atoms with Gasteiger partial charge in [-0.25, -0.2) is 0 Å². The molecule has 1 aromatic heterocycles. The molecule has 1 saturated carbocycles. The molecule has 0 spiro atoms. The van der Waals surface area contributed by atoms with E-state index in [0.717, 1.165) is 11.6 Å². The Hall–Kier alpha value is -1.05. The van der Waals surface area contributed by atoms with Gasteiger partial charge in [0.1, 0.15) is 0 Å². The molecule has 0 amide bonds. The maximum Gasteiger partial charge on any atom is 0.0529 e. The fourth-order valence-electron chi connectivity index (χ4n) is 2.37. The van der Waals surface area contributed by atoms with E-state index < -0.39 is 0 Å². The Balaban J connectivity index is 1.90. The van der Waals surface area contributed by atoms with E-state index in [-0.39, 0.29) is 0 Å². The quantitative estimate of drug-likeness (QED) is 0.816. The van der Waals surface area contributed by atoms with Crippen LogP contribution in [0.25, 0.3) is 0 Å². The SMILES string of the molecule is CCC1CCC(Nc2ccc(C)nc2)C1. The largest absolute Gasteiger partial charge is 0.381 e. The van der Waals surface area contributed by atoms with Gasteiger partial charge in [0.15, 0.2) is 0 Å². The summed E-state index contributed by atoms with van der Waals surface area (Å²) in [6.07, 6.45) is 7.28. The highest BCUT2D eigenvalue weighted by molar-refractivity contribution is 5.42. The van der Waals surface area contributed by atoms with E-state index in [1.807, 2.05) is 13.1 Å². The second kappa shape index (κ2) is 4.65. The zero-order valence-electron chi connectivity index (χ0n) is 9.66. The van der Waals surface area contributed by atoms with Crippen molar-refractivity contribution in [2.45, 2.75) is 45.6 Å². The molecule has 0 radical (unpaired) electrons. The van der Waals surface area contributed by atoms with Crippen molar-refractivity contribution in [3.05, 3.63) is 24.0 Å². The lowest BCUT2D eigenvalue weighted by Crippen LogP contribution is -2.15. The van der Waals surface area contributed by atoms with Crippen molar-refractivity contribution < 1.29 is 0 Å². The van der Waals surface area contributed by atoms with E-state index in [9.17, 15) is 0 Å². The molecule has 1 aliphatic rings. The third kappa shape index (κ3) is 2.71. The minimum absolute atomic E-state index is 0.666. The number of aromatic nitrogens is 1. The van der Waals surface area contributed by atoms with Crippen molar-refractivity contribution in [1.82, 2.24) is 4.98 Å². The molecule has 15 heavy (non-hydrogen) atoms. The molecule has 2 rings (SSSR count). The van der Waals surface area contributed by atoms with Gasteiger partial charge in [0.25, 0.3) is 0 Å². The minimum atomic E-state index is 0.666. The average Bonchev–Trinajstić information content (AvgIpc) is 2.69. The van der Waals surface area contributed by atoms with Crippen molar-refractivity contribution in [3.8, 4) is 0 Å². The normalized spacial score (nSPS) is 25.5. The molecule has 1 aliphatic carbocycles. The molecule has 2 atom stereocenters. The van der Waals surface area contributed by atoms with Crippen LogP contribution in [0, 0.1) is 12.8 Å². The van der Waals surface area contributed by atoms with Crippen LogP contribution in [-0.2, 0) is 0 Å². The monoisotopic (exact) mass is 204 g/mol. The van der Waals surface area contributed by atoms with Crippen LogP contribution < -0.4 is 5.32 Å². The molecule has 1 heterocycles.